The first kappa shape index (κ1) is 18.0. The van der Waals surface area contributed by atoms with Crippen LogP contribution < -0.4 is 10.1 Å². The number of carbonyl (C=O) groups excluding carboxylic acids is 1. The third kappa shape index (κ3) is 4.85. The van der Waals surface area contributed by atoms with Gasteiger partial charge in [0.05, 0.1) is 12.3 Å². The summed E-state index contributed by atoms with van der Waals surface area (Å²) in [5, 5.41) is 7.33. The molecule has 0 saturated carbocycles. The van der Waals surface area contributed by atoms with Gasteiger partial charge in [0.25, 0.3) is 5.91 Å². The largest absolute Gasteiger partial charge is 0.494 e. The molecule has 1 N–H and O–H groups in total. The Morgan fingerprint density at radius 1 is 1.25 bits per heavy atom. The second-order valence-corrected chi connectivity index (χ2v) is 6.24. The number of aryl methyl sites for hydroxylation is 1. The van der Waals surface area contributed by atoms with Crippen molar-refractivity contribution in [2.24, 2.45) is 0 Å². The SMILES string of the molecule is CCCCCOc1ccc(C(=O)Nc2cc(C)nn2C(C)C)cc1. The minimum atomic E-state index is -0.144. The van der Waals surface area contributed by atoms with Crippen LogP contribution in [-0.2, 0) is 0 Å². The molecule has 0 fully saturated rings. The number of amides is 1. The molecule has 2 rings (SSSR count). The molecule has 2 aromatic rings. The highest BCUT2D eigenvalue weighted by Gasteiger charge is 2.13. The Balaban J connectivity index is 1.98. The fraction of sp³-hybridized carbons (Fsp3) is 0.474. The molecule has 0 aliphatic rings. The van der Waals surface area contributed by atoms with E-state index in [9.17, 15) is 4.79 Å². The summed E-state index contributed by atoms with van der Waals surface area (Å²) in [4.78, 5) is 12.4. The molecule has 5 heteroatoms. The monoisotopic (exact) mass is 329 g/mol. The maximum Gasteiger partial charge on any atom is 0.256 e. The fourth-order valence-corrected chi connectivity index (χ4v) is 2.44. The highest BCUT2D eigenvalue weighted by molar-refractivity contribution is 6.03. The van der Waals surface area contributed by atoms with Crippen molar-refractivity contribution in [2.45, 2.75) is 53.0 Å². The van der Waals surface area contributed by atoms with Crippen LogP contribution in [0, 0.1) is 6.92 Å². The lowest BCUT2D eigenvalue weighted by Crippen LogP contribution is -2.16. The third-order valence-corrected chi connectivity index (χ3v) is 3.72. The fourth-order valence-electron chi connectivity index (χ4n) is 2.44. The van der Waals surface area contributed by atoms with Gasteiger partial charge in [-0.05, 0) is 51.5 Å². The Hall–Kier alpha value is -2.30. The van der Waals surface area contributed by atoms with E-state index in [2.05, 4.69) is 17.3 Å². The van der Waals surface area contributed by atoms with Gasteiger partial charge in [0.15, 0.2) is 0 Å². The smallest absolute Gasteiger partial charge is 0.256 e. The number of nitrogens with zero attached hydrogens (tertiary/aromatic N) is 2. The van der Waals surface area contributed by atoms with Crippen molar-refractivity contribution in [2.75, 3.05) is 11.9 Å². The number of nitrogens with one attached hydrogen (secondary N) is 1. The van der Waals surface area contributed by atoms with Crippen molar-refractivity contribution in [1.82, 2.24) is 9.78 Å². The second-order valence-electron chi connectivity index (χ2n) is 6.24. The second kappa shape index (κ2) is 8.52. The van der Waals surface area contributed by atoms with Crippen LogP contribution in [0.1, 0.15) is 62.1 Å². The van der Waals surface area contributed by atoms with Crippen molar-refractivity contribution < 1.29 is 9.53 Å². The summed E-state index contributed by atoms with van der Waals surface area (Å²) in [5.74, 6) is 1.37. The molecule has 0 bridgehead atoms. The van der Waals surface area contributed by atoms with E-state index < -0.39 is 0 Å². The number of anilines is 1. The van der Waals surface area contributed by atoms with Crippen LogP contribution in [0.2, 0.25) is 0 Å². The lowest BCUT2D eigenvalue weighted by Gasteiger charge is -2.12. The van der Waals surface area contributed by atoms with Crippen LogP contribution in [0.3, 0.4) is 0 Å². The van der Waals surface area contributed by atoms with Crippen molar-refractivity contribution >= 4 is 11.7 Å². The lowest BCUT2D eigenvalue weighted by molar-refractivity contribution is 0.102. The van der Waals surface area contributed by atoms with E-state index in [-0.39, 0.29) is 11.9 Å². The highest BCUT2D eigenvalue weighted by atomic mass is 16.5. The molecule has 1 aromatic carbocycles. The van der Waals surface area contributed by atoms with E-state index in [0.29, 0.717) is 18.0 Å². The highest BCUT2D eigenvalue weighted by Crippen LogP contribution is 2.18. The van der Waals surface area contributed by atoms with Gasteiger partial charge in [-0.2, -0.15) is 5.10 Å². The number of hydrogen-bond acceptors (Lipinski definition) is 3. The zero-order chi connectivity index (χ0) is 17.5. The number of aromatic nitrogens is 2. The average Bonchev–Trinajstić information content (AvgIpc) is 2.93. The van der Waals surface area contributed by atoms with Crippen molar-refractivity contribution in [3.63, 3.8) is 0 Å². The molecule has 0 unspecified atom stereocenters. The number of unbranched alkanes of at least 4 members (excludes halogenated alkanes) is 2. The van der Waals surface area contributed by atoms with E-state index in [1.165, 1.54) is 12.8 Å². The Kier molecular flexibility index (Phi) is 6.41. The van der Waals surface area contributed by atoms with Gasteiger partial charge < -0.3 is 10.1 Å². The summed E-state index contributed by atoms with van der Waals surface area (Å²) in [6.07, 6.45) is 3.40. The van der Waals surface area contributed by atoms with Crippen LogP contribution in [0.15, 0.2) is 30.3 Å². The van der Waals surface area contributed by atoms with Crippen LogP contribution in [0.25, 0.3) is 0 Å². The third-order valence-electron chi connectivity index (χ3n) is 3.72. The van der Waals surface area contributed by atoms with E-state index in [1.54, 1.807) is 12.1 Å². The van der Waals surface area contributed by atoms with E-state index in [4.69, 9.17) is 4.74 Å². The molecule has 5 nitrogen and oxygen atoms in total. The number of hydrogen-bond donors (Lipinski definition) is 1. The molecule has 1 amide bonds. The Bertz CT molecular complexity index is 660. The first-order valence-corrected chi connectivity index (χ1v) is 8.61. The summed E-state index contributed by atoms with van der Waals surface area (Å²) in [5.41, 5.74) is 1.49. The van der Waals surface area contributed by atoms with Gasteiger partial charge in [0.2, 0.25) is 0 Å². The molecule has 0 aliphatic heterocycles. The number of benzene rings is 1. The quantitative estimate of drug-likeness (QED) is 0.720. The molecule has 1 aromatic heterocycles. The van der Waals surface area contributed by atoms with Crippen molar-refractivity contribution in [3.8, 4) is 5.75 Å². The number of ether oxygens (including phenoxy) is 1. The van der Waals surface area contributed by atoms with Gasteiger partial charge in [0, 0.05) is 17.7 Å². The minimum absolute atomic E-state index is 0.144. The molecular formula is C19H27N3O2. The number of carbonyl (C=O) groups is 1. The van der Waals surface area contributed by atoms with Gasteiger partial charge in [-0.3, -0.25) is 4.79 Å². The Labute approximate surface area is 144 Å². The van der Waals surface area contributed by atoms with Gasteiger partial charge in [-0.1, -0.05) is 19.8 Å². The maximum absolute atomic E-state index is 12.4. The standard InChI is InChI=1S/C19H27N3O2/c1-5-6-7-12-24-17-10-8-16(9-11-17)19(23)20-18-13-15(4)21-22(18)14(2)3/h8-11,13-14H,5-7,12H2,1-4H3,(H,20,23). The molecule has 0 aliphatic carbocycles. The van der Waals surface area contributed by atoms with Gasteiger partial charge >= 0.3 is 0 Å². The van der Waals surface area contributed by atoms with Gasteiger partial charge in [-0.25, -0.2) is 4.68 Å². The van der Waals surface area contributed by atoms with Crippen LogP contribution in [-0.4, -0.2) is 22.3 Å². The first-order valence-electron chi connectivity index (χ1n) is 8.61. The predicted molar refractivity (Wildman–Crippen MR) is 96.8 cm³/mol. The zero-order valence-corrected chi connectivity index (χ0v) is 15.0. The molecule has 0 radical (unpaired) electrons. The topological polar surface area (TPSA) is 56.1 Å². The zero-order valence-electron chi connectivity index (χ0n) is 15.0. The predicted octanol–water partition coefficient (Wildman–Crippen LogP) is 4.59. The molecule has 0 atom stereocenters. The molecule has 24 heavy (non-hydrogen) atoms. The molecular weight excluding hydrogens is 302 g/mol. The average molecular weight is 329 g/mol. The maximum atomic E-state index is 12.4. The molecule has 0 saturated heterocycles. The van der Waals surface area contributed by atoms with Crippen molar-refractivity contribution in [3.05, 3.63) is 41.6 Å². The normalized spacial score (nSPS) is 10.9. The molecule has 1 heterocycles. The summed E-state index contributed by atoms with van der Waals surface area (Å²) in [6.45, 7) is 8.87. The summed E-state index contributed by atoms with van der Waals surface area (Å²) in [7, 11) is 0. The molecule has 130 valence electrons. The molecule has 0 spiro atoms. The first-order chi connectivity index (χ1) is 11.5. The Morgan fingerprint density at radius 3 is 2.58 bits per heavy atom. The summed E-state index contributed by atoms with van der Waals surface area (Å²) >= 11 is 0. The van der Waals surface area contributed by atoms with Gasteiger partial charge in [0.1, 0.15) is 11.6 Å². The van der Waals surface area contributed by atoms with E-state index >= 15 is 0 Å². The van der Waals surface area contributed by atoms with Crippen LogP contribution in [0.5, 0.6) is 5.75 Å². The van der Waals surface area contributed by atoms with Crippen LogP contribution in [0.4, 0.5) is 5.82 Å². The van der Waals surface area contributed by atoms with Crippen LogP contribution >= 0.6 is 0 Å². The summed E-state index contributed by atoms with van der Waals surface area (Å²) in [6, 6.07) is 9.31. The Morgan fingerprint density at radius 2 is 1.96 bits per heavy atom. The minimum Gasteiger partial charge on any atom is -0.494 e. The van der Waals surface area contributed by atoms with Crippen molar-refractivity contribution in [1.29, 1.82) is 0 Å². The van der Waals surface area contributed by atoms with E-state index in [1.807, 2.05) is 43.7 Å². The number of rotatable bonds is 8. The lowest BCUT2D eigenvalue weighted by atomic mass is 10.2. The van der Waals surface area contributed by atoms with Gasteiger partial charge in [-0.15, -0.1) is 0 Å². The summed E-state index contributed by atoms with van der Waals surface area (Å²) < 4.78 is 7.49. The van der Waals surface area contributed by atoms with E-state index in [0.717, 1.165) is 17.9 Å².